The lowest BCUT2D eigenvalue weighted by Crippen LogP contribution is -2.25. The third-order valence-electron chi connectivity index (χ3n) is 3.59. The SMILES string of the molecule is COc1cccc2ncn(C(C)Cc3cnccn3)c(=O)c12. The van der Waals surface area contributed by atoms with Gasteiger partial charge in [0.05, 0.1) is 24.6 Å². The minimum absolute atomic E-state index is 0.0778. The van der Waals surface area contributed by atoms with Crippen molar-refractivity contribution in [2.75, 3.05) is 7.11 Å². The van der Waals surface area contributed by atoms with Gasteiger partial charge in [0, 0.05) is 31.1 Å². The van der Waals surface area contributed by atoms with Crippen LogP contribution in [0.15, 0.2) is 47.9 Å². The first-order valence-corrected chi connectivity index (χ1v) is 6.99. The Bertz CT molecular complexity index is 846. The van der Waals surface area contributed by atoms with Crippen molar-refractivity contribution in [3.8, 4) is 5.75 Å². The van der Waals surface area contributed by atoms with Gasteiger partial charge in [0.25, 0.3) is 5.56 Å². The highest BCUT2D eigenvalue weighted by molar-refractivity contribution is 5.83. The maximum absolute atomic E-state index is 12.7. The lowest BCUT2D eigenvalue weighted by atomic mass is 10.1. The predicted octanol–water partition coefficient (Wildman–Crippen LogP) is 2.00. The topological polar surface area (TPSA) is 69.9 Å². The molecule has 6 nitrogen and oxygen atoms in total. The van der Waals surface area contributed by atoms with Gasteiger partial charge in [-0.2, -0.15) is 0 Å². The second-order valence-corrected chi connectivity index (χ2v) is 5.06. The first kappa shape index (κ1) is 14.2. The monoisotopic (exact) mass is 296 g/mol. The standard InChI is InChI=1S/C16H16N4O2/c1-11(8-12-9-17-6-7-18-12)20-10-19-13-4-3-5-14(22-2)15(13)16(20)21/h3-7,9-11H,8H2,1-2H3. The Balaban J connectivity index is 2.04. The molecule has 1 aromatic carbocycles. The van der Waals surface area contributed by atoms with E-state index >= 15 is 0 Å². The molecule has 0 saturated heterocycles. The van der Waals surface area contributed by atoms with Crippen molar-refractivity contribution in [1.82, 2.24) is 19.5 Å². The van der Waals surface area contributed by atoms with Gasteiger partial charge in [-0.1, -0.05) is 6.07 Å². The van der Waals surface area contributed by atoms with Gasteiger partial charge >= 0.3 is 0 Å². The molecular formula is C16H16N4O2. The van der Waals surface area contributed by atoms with E-state index in [4.69, 9.17) is 4.74 Å². The first-order chi connectivity index (χ1) is 10.7. The number of rotatable bonds is 4. The molecule has 0 fully saturated rings. The van der Waals surface area contributed by atoms with Gasteiger partial charge in [0.1, 0.15) is 11.1 Å². The quantitative estimate of drug-likeness (QED) is 0.736. The van der Waals surface area contributed by atoms with Crippen LogP contribution in [0.4, 0.5) is 0 Å². The van der Waals surface area contributed by atoms with Crippen LogP contribution in [0, 0.1) is 0 Å². The average molecular weight is 296 g/mol. The van der Waals surface area contributed by atoms with Crippen LogP contribution in [0.3, 0.4) is 0 Å². The summed E-state index contributed by atoms with van der Waals surface area (Å²) in [6.07, 6.45) is 7.16. The van der Waals surface area contributed by atoms with Crippen LogP contribution in [-0.2, 0) is 6.42 Å². The number of nitrogens with zero attached hydrogens (tertiary/aromatic N) is 4. The molecule has 1 unspecified atom stereocenters. The van der Waals surface area contributed by atoms with E-state index in [0.717, 1.165) is 5.69 Å². The number of hydrogen-bond acceptors (Lipinski definition) is 5. The van der Waals surface area contributed by atoms with E-state index in [1.54, 1.807) is 48.7 Å². The van der Waals surface area contributed by atoms with Gasteiger partial charge in [-0.3, -0.25) is 19.3 Å². The molecule has 1 atom stereocenters. The summed E-state index contributed by atoms with van der Waals surface area (Å²) in [5.74, 6) is 0.538. The molecule has 0 N–H and O–H groups in total. The van der Waals surface area contributed by atoms with Crippen molar-refractivity contribution in [3.05, 3.63) is 59.2 Å². The Morgan fingerprint density at radius 1 is 1.27 bits per heavy atom. The van der Waals surface area contributed by atoms with Crippen LogP contribution in [-0.4, -0.2) is 26.6 Å². The number of fused-ring (bicyclic) bond motifs is 1. The molecule has 0 bridgehead atoms. The zero-order valence-electron chi connectivity index (χ0n) is 12.4. The highest BCUT2D eigenvalue weighted by Gasteiger charge is 2.14. The molecule has 2 heterocycles. The molecule has 0 amide bonds. The predicted molar refractivity (Wildman–Crippen MR) is 83.0 cm³/mol. The summed E-state index contributed by atoms with van der Waals surface area (Å²) >= 11 is 0. The first-order valence-electron chi connectivity index (χ1n) is 6.99. The molecule has 0 aliphatic heterocycles. The second kappa shape index (κ2) is 5.93. The average Bonchev–Trinajstić information content (AvgIpc) is 2.55. The van der Waals surface area contributed by atoms with Gasteiger partial charge < -0.3 is 4.74 Å². The largest absolute Gasteiger partial charge is 0.496 e. The number of hydrogen-bond donors (Lipinski definition) is 0. The molecule has 3 aromatic rings. The molecule has 6 heteroatoms. The molecule has 0 saturated carbocycles. The lowest BCUT2D eigenvalue weighted by Gasteiger charge is -2.15. The minimum Gasteiger partial charge on any atom is -0.496 e. The van der Waals surface area contributed by atoms with E-state index in [9.17, 15) is 4.79 Å². The zero-order chi connectivity index (χ0) is 15.5. The molecule has 0 spiro atoms. The Hall–Kier alpha value is -2.76. The number of aromatic nitrogens is 4. The molecule has 0 aliphatic rings. The van der Waals surface area contributed by atoms with Gasteiger partial charge in [-0.25, -0.2) is 4.98 Å². The maximum atomic E-state index is 12.7. The highest BCUT2D eigenvalue weighted by atomic mass is 16.5. The fraction of sp³-hybridized carbons (Fsp3) is 0.250. The van der Waals surface area contributed by atoms with E-state index in [1.165, 1.54) is 0 Å². The van der Waals surface area contributed by atoms with Gasteiger partial charge in [-0.15, -0.1) is 0 Å². The molecule has 2 aromatic heterocycles. The Morgan fingerprint density at radius 2 is 2.14 bits per heavy atom. The summed E-state index contributed by atoms with van der Waals surface area (Å²) in [4.78, 5) is 25.4. The molecule has 112 valence electrons. The normalized spacial score (nSPS) is 12.3. The van der Waals surface area contributed by atoms with Crippen molar-refractivity contribution in [1.29, 1.82) is 0 Å². The summed E-state index contributed by atoms with van der Waals surface area (Å²) in [6.45, 7) is 1.96. The van der Waals surface area contributed by atoms with Gasteiger partial charge in [-0.05, 0) is 19.1 Å². The van der Waals surface area contributed by atoms with Crippen LogP contribution in [0.2, 0.25) is 0 Å². The van der Waals surface area contributed by atoms with Crippen LogP contribution in [0.25, 0.3) is 10.9 Å². The molecule has 0 aliphatic carbocycles. The fourth-order valence-corrected chi connectivity index (χ4v) is 2.47. The maximum Gasteiger partial charge on any atom is 0.265 e. The van der Waals surface area contributed by atoms with Gasteiger partial charge in [0.2, 0.25) is 0 Å². The minimum atomic E-state index is -0.112. The number of benzene rings is 1. The summed E-state index contributed by atoms with van der Waals surface area (Å²) in [6, 6.07) is 5.31. The Kier molecular flexibility index (Phi) is 3.82. The molecule has 0 radical (unpaired) electrons. The number of ether oxygens (including phenoxy) is 1. The van der Waals surface area contributed by atoms with Crippen LogP contribution in [0.5, 0.6) is 5.75 Å². The third-order valence-corrected chi connectivity index (χ3v) is 3.59. The van der Waals surface area contributed by atoms with Crippen molar-refractivity contribution in [3.63, 3.8) is 0 Å². The van der Waals surface area contributed by atoms with Crippen molar-refractivity contribution in [2.24, 2.45) is 0 Å². The summed E-state index contributed by atoms with van der Waals surface area (Å²) in [5, 5.41) is 0.499. The molecule has 22 heavy (non-hydrogen) atoms. The van der Waals surface area contributed by atoms with Crippen molar-refractivity contribution < 1.29 is 4.74 Å². The fourth-order valence-electron chi connectivity index (χ4n) is 2.47. The summed E-state index contributed by atoms with van der Waals surface area (Å²) < 4.78 is 6.90. The van der Waals surface area contributed by atoms with Crippen molar-refractivity contribution in [2.45, 2.75) is 19.4 Å². The van der Waals surface area contributed by atoms with Crippen LogP contribution < -0.4 is 10.3 Å². The van der Waals surface area contributed by atoms with E-state index in [-0.39, 0.29) is 11.6 Å². The third kappa shape index (κ3) is 2.55. The summed E-state index contributed by atoms with van der Waals surface area (Å²) in [5.41, 5.74) is 1.35. The number of methoxy groups -OCH3 is 1. The van der Waals surface area contributed by atoms with Crippen molar-refractivity contribution >= 4 is 10.9 Å². The van der Waals surface area contributed by atoms with E-state index in [2.05, 4.69) is 15.0 Å². The zero-order valence-corrected chi connectivity index (χ0v) is 12.4. The molecular weight excluding hydrogens is 280 g/mol. The smallest absolute Gasteiger partial charge is 0.265 e. The Labute approximate surface area is 127 Å². The van der Waals surface area contributed by atoms with E-state index in [0.29, 0.717) is 23.1 Å². The highest BCUT2D eigenvalue weighted by Crippen LogP contribution is 2.21. The van der Waals surface area contributed by atoms with Crippen LogP contribution >= 0.6 is 0 Å². The lowest BCUT2D eigenvalue weighted by molar-refractivity contribution is 0.418. The van der Waals surface area contributed by atoms with Crippen LogP contribution in [0.1, 0.15) is 18.7 Å². The second-order valence-electron chi connectivity index (χ2n) is 5.06. The molecule has 3 rings (SSSR count). The summed E-state index contributed by atoms with van der Waals surface area (Å²) in [7, 11) is 1.55. The van der Waals surface area contributed by atoms with E-state index < -0.39 is 0 Å². The van der Waals surface area contributed by atoms with E-state index in [1.807, 2.05) is 13.0 Å². The Morgan fingerprint density at radius 3 is 2.86 bits per heavy atom. The van der Waals surface area contributed by atoms with Gasteiger partial charge in [0.15, 0.2) is 0 Å².